The summed E-state index contributed by atoms with van der Waals surface area (Å²) in [4.78, 5) is 24.1. The zero-order chi connectivity index (χ0) is 19.9. The number of hydrogen-bond donors (Lipinski definition) is 4. The Morgan fingerprint density at radius 3 is 2.21 bits per heavy atom. The zero-order valence-electron chi connectivity index (χ0n) is 15.1. The van der Waals surface area contributed by atoms with Crippen molar-refractivity contribution in [3.8, 4) is 17.2 Å². The van der Waals surface area contributed by atoms with Gasteiger partial charge in [-0.2, -0.15) is 4.98 Å². The van der Waals surface area contributed by atoms with Gasteiger partial charge in [0.05, 0.1) is 14.2 Å². The summed E-state index contributed by atoms with van der Waals surface area (Å²) in [6, 6.07) is 11.6. The van der Waals surface area contributed by atoms with Gasteiger partial charge in [-0.15, -0.1) is 0 Å². The predicted octanol–water partition coefficient (Wildman–Crippen LogP) is 2.98. The Kier molecular flexibility index (Phi) is 5.70. The van der Waals surface area contributed by atoms with Gasteiger partial charge in [0.2, 0.25) is 17.6 Å². The number of hydrogen-bond acceptors (Lipinski definition) is 8. The Balaban J connectivity index is 1.72. The third-order valence-corrected chi connectivity index (χ3v) is 3.56. The lowest BCUT2D eigenvalue weighted by Gasteiger charge is -2.12. The molecule has 0 atom stereocenters. The highest BCUT2D eigenvalue weighted by molar-refractivity contribution is 5.98. The van der Waals surface area contributed by atoms with E-state index in [1.54, 1.807) is 36.4 Å². The van der Waals surface area contributed by atoms with Gasteiger partial charge in [-0.1, -0.05) is 18.2 Å². The molecule has 0 spiro atoms. The van der Waals surface area contributed by atoms with Crippen molar-refractivity contribution in [3.63, 3.8) is 0 Å². The molecule has 0 fully saturated rings. The van der Waals surface area contributed by atoms with Crippen molar-refractivity contribution in [2.45, 2.75) is 0 Å². The number of nitrogens with one attached hydrogen (secondary N) is 3. The first kappa shape index (κ1) is 18.7. The van der Waals surface area contributed by atoms with Crippen molar-refractivity contribution >= 4 is 29.3 Å². The first-order chi connectivity index (χ1) is 13.6. The molecule has 0 aliphatic carbocycles. The number of benzene rings is 2. The van der Waals surface area contributed by atoms with Crippen LogP contribution in [-0.2, 0) is 0 Å². The largest absolute Gasteiger partial charge is 0.502 e. The molecule has 10 heteroatoms. The molecule has 28 heavy (non-hydrogen) atoms. The number of phenolic OH excluding ortho intramolecular Hbond substituents is 1. The molecule has 1 heterocycles. The average Bonchev–Trinajstić information content (AvgIpc) is 2.70. The molecular weight excluding hydrogens is 364 g/mol. The third kappa shape index (κ3) is 4.55. The standard InChI is InChI=1S/C18H18N6O4/c1-27-13-8-12(9-14(28-2)15(13)25)21-16-19-10-20-17(23-16)24-18(26)22-11-6-4-3-5-7-11/h3-10,25H,1-2H3,(H3,19,20,21,22,23,24,26). The first-order valence-corrected chi connectivity index (χ1v) is 8.13. The summed E-state index contributed by atoms with van der Waals surface area (Å²) in [6.07, 6.45) is 1.25. The molecular formula is C18H18N6O4. The monoisotopic (exact) mass is 382 g/mol. The van der Waals surface area contributed by atoms with E-state index in [1.807, 2.05) is 6.07 Å². The lowest BCUT2D eigenvalue weighted by Crippen LogP contribution is -2.21. The van der Waals surface area contributed by atoms with E-state index >= 15 is 0 Å². The molecule has 4 N–H and O–H groups in total. The number of anilines is 4. The fourth-order valence-corrected chi connectivity index (χ4v) is 2.30. The summed E-state index contributed by atoms with van der Waals surface area (Å²) in [5, 5.41) is 18.1. The van der Waals surface area contributed by atoms with Crippen molar-refractivity contribution in [1.29, 1.82) is 0 Å². The van der Waals surface area contributed by atoms with E-state index in [4.69, 9.17) is 9.47 Å². The molecule has 0 aliphatic heterocycles. The van der Waals surface area contributed by atoms with Crippen molar-refractivity contribution < 1.29 is 19.4 Å². The molecule has 0 aliphatic rings. The fourth-order valence-electron chi connectivity index (χ4n) is 2.30. The summed E-state index contributed by atoms with van der Waals surface area (Å²) in [5.41, 5.74) is 1.15. The molecule has 0 saturated carbocycles. The minimum Gasteiger partial charge on any atom is -0.502 e. The van der Waals surface area contributed by atoms with Crippen LogP contribution in [0.1, 0.15) is 0 Å². The molecule has 0 saturated heterocycles. The normalized spacial score (nSPS) is 10.1. The van der Waals surface area contributed by atoms with Crippen LogP contribution in [0, 0.1) is 0 Å². The van der Waals surface area contributed by atoms with E-state index in [9.17, 15) is 9.90 Å². The quantitative estimate of drug-likeness (QED) is 0.479. The second-order valence-electron chi connectivity index (χ2n) is 5.43. The minimum atomic E-state index is -0.490. The van der Waals surface area contributed by atoms with Crippen LogP contribution in [0.3, 0.4) is 0 Å². The average molecular weight is 382 g/mol. The van der Waals surface area contributed by atoms with Gasteiger partial charge in [0.25, 0.3) is 0 Å². The number of rotatable bonds is 6. The van der Waals surface area contributed by atoms with E-state index in [1.165, 1.54) is 20.5 Å². The topological polar surface area (TPSA) is 131 Å². The molecule has 0 bridgehead atoms. The number of carbonyl (C=O) groups is 1. The van der Waals surface area contributed by atoms with Crippen molar-refractivity contribution in [2.24, 2.45) is 0 Å². The second kappa shape index (κ2) is 8.54. The number of para-hydroxylation sites is 1. The van der Waals surface area contributed by atoms with E-state index in [0.29, 0.717) is 11.4 Å². The molecule has 0 radical (unpaired) electrons. The summed E-state index contributed by atoms with van der Waals surface area (Å²) >= 11 is 0. The molecule has 2 amide bonds. The van der Waals surface area contributed by atoms with E-state index in [-0.39, 0.29) is 29.1 Å². The maximum atomic E-state index is 12.1. The molecule has 2 aromatic carbocycles. The van der Waals surface area contributed by atoms with Gasteiger partial charge in [0.15, 0.2) is 11.5 Å². The van der Waals surface area contributed by atoms with Gasteiger partial charge in [-0.25, -0.2) is 14.8 Å². The zero-order valence-corrected chi connectivity index (χ0v) is 15.1. The Hall–Kier alpha value is -4.08. The number of aromatic hydroxyl groups is 1. The molecule has 1 aromatic heterocycles. The summed E-state index contributed by atoms with van der Waals surface area (Å²) in [6.45, 7) is 0. The highest BCUT2D eigenvalue weighted by Crippen LogP contribution is 2.39. The van der Waals surface area contributed by atoms with Gasteiger partial charge in [0.1, 0.15) is 6.33 Å². The van der Waals surface area contributed by atoms with Gasteiger partial charge in [-0.3, -0.25) is 5.32 Å². The number of methoxy groups -OCH3 is 2. The summed E-state index contributed by atoms with van der Waals surface area (Å²) in [7, 11) is 2.85. The fraction of sp³-hybridized carbons (Fsp3) is 0.111. The summed E-state index contributed by atoms with van der Waals surface area (Å²) < 4.78 is 10.2. The molecule has 144 valence electrons. The van der Waals surface area contributed by atoms with Crippen LogP contribution in [0.4, 0.5) is 28.1 Å². The number of carbonyl (C=O) groups excluding carboxylic acids is 1. The smallest absolute Gasteiger partial charge is 0.326 e. The predicted molar refractivity (Wildman–Crippen MR) is 103 cm³/mol. The van der Waals surface area contributed by atoms with E-state index in [2.05, 4.69) is 30.9 Å². The first-order valence-electron chi connectivity index (χ1n) is 8.13. The number of urea groups is 1. The Labute approximate surface area is 160 Å². The van der Waals surface area contributed by atoms with Gasteiger partial charge in [-0.05, 0) is 12.1 Å². The number of amides is 2. The molecule has 10 nitrogen and oxygen atoms in total. The van der Waals surface area contributed by atoms with Crippen molar-refractivity contribution in [1.82, 2.24) is 15.0 Å². The van der Waals surface area contributed by atoms with Crippen molar-refractivity contribution in [2.75, 3.05) is 30.2 Å². The van der Waals surface area contributed by atoms with Gasteiger partial charge >= 0.3 is 6.03 Å². The van der Waals surface area contributed by atoms with Crippen LogP contribution in [0.5, 0.6) is 17.2 Å². The Morgan fingerprint density at radius 2 is 1.57 bits per heavy atom. The van der Waals surface area contributed by atoms with Crippen LogP contribution >= 0.6 is 0 Å². The highest BCUT2D eigenvalue weighted by Gasteiger charge is 2.12. The molecule has 0 unspecified atom stereocenters. The summed E-state index contributed by atoms with van der Waals surface area (Å²) in [5.74, 6) is 0.558. The number of phenols is 1. The van der Waals surface area contributed by atoms with E-state index < -0.39 is 6.03 Å². The van der Waals surface area contributed by atoms with Gasteiger partial charge < -0.3 is 25.2 Å². The maximum absolute atomic E-state index is 12.1. The molecule has 3 rings (SSSR count). The molecule has 3 aromatic rings. The minimum absolute atomic E-state index is 0.0589. The van der Waals surface area contributed by atoms with Crippen LogP contribution in [0.2, 0.25) is 0 Å². The SMILES string of the molecule is COc1cc(Nc2ncnc(NC(=O)Nc3ccccc3)n2)cc(OC)c1O. The Bertz CT molecular complexity index is 942. The number of aromatic nitrogens is 3. The number of ether oxygens (including phenoxy) is 2. The van der Waals surface area contributed by atoms with Crippen LogP contribution < -0.4 is 25.4 Å². The third-order valence-electron chi connectivity index (χ3n) is 3.56. The lowest BCUT2D eigenvalue weighted by molar-refractivity contribution is 0.262. The lowest BCUT2D eigenvalue weighted by atomic mass is 10.2. The maximum Gasteiger partial charge on any atom is 0.326 e. The van der Waals surface area contributed by atoms with Crippen LogP contribution in [-0.4, -0.2) is 40.3 Å². The second-order valence-corrected chi connectivity index (χ2v) is 5.43. The number of nitrogens with zero attached hydrogens (tertiary/aromatic N) is 3. The van der Waals surface area contributed by atoms with Crippen molar-refractivity contribution in [3.05, 3.63) is 48.8 Å². The van der Waals surface area contributed by atoms with Gasteiger partial charge in [0, 0.05) is 23.5 Å². The Morgan fingerprint density at radius 1 is 0.929 bits per heavy atom. The van der Waals surface area contributed by atoms with E-state index in [0.717, 1.165) is 0 Å². The van der Waals surface area contributed by atoms with Crippen LogP contribution in [0.15, 0.2) is 48.8 Å². The highest BCUT2D eigenvalue weighted by atomic mass is 16.5. The van der Waals surface area contributed by atoms with Crippen LogP contribution in [0.25, 0.3) is 0 Å².